The molecular weight excluding hydrogens is 328 g/mol. The number of anilines is 1. The zero-order valence-electron chi connectivity index (χ0n) is 13.1. The number of aromatic nitrogens is 1. The fraction of sp³-hybridized carbons (Fsp3) is 0.111. The fourth-order valence-electron chi connectivity index (χ4n) is 2.54. The number of carbonyl (C=O) groups is 1. The van der Waals surface area contributed by atoms with E-state index in [-0.39, 0.29) is 17.0 Å². The lowest BCUT2D eigenvalue weighted by Gasteiger charge is -2.13. The van der Waals surface area contributed by atoms with Gasteiger partial charge in [-0.3, -0.25) is 14.2 Å². The summed E-state index contributed by atoms with van der Waals surface area (Å²) in [6, 6.07) is 11.8. The van der Waals surface area contributed by atoms with Crippen molar-refractivity contribution in [1.29, 1.82) is 0 Å². The molecular formula is C18H15ClN2O3. The highest BCUT2D eigenvalue weighted by atomic mass is 35.5. The Morgan fingerprint density at radius 2 is 1.83 bits per heavy atom. The van der Waals surface area contributed by atoms with Gasteiger partial charge in [-0.1, -0.05) is 35.9 Å². The molecule has 0 spiro atoms. The van der Waals surface area contributed by atoms with Crippen LogP contribution in [0.4, 0.5) is 5.69 Å². The Morgan fingerprint density at radius 1 is 1.17 bits per heavy atom. The van der Waals surface area contributed by atoms with E-state index < -0.39 is 5.91 Å². The maximum atomic E-state index is 12.7. The maximum absolute atomic E-state index is 12.7. The van der Waals surface area contributed by atoms with Gasteiger partial charge in [-0.25, -0.2) is 0 Å². The lowest BCUT2D eigenvalue weighted by molar-refractivity contribution is 0.102. The second-order valence-corrected chi connectivity index (χ2v) is 5.93. The van der Waals surface area contributed by atoms with Gasteiger partial charge in [-0.05, 0) is 30.7 Å². The smallest absolute Gasteiger partial charge is 0.261 e. The molecule has 0 aliphatic carbocycles. The van der Waals surface area contributed by atoms with Crippen LogP contribution >= 0.6 is 11.6 Å². The molecule has 3 aromatic rings. The Labute approximate surface area is 143 Å². The standard InChI is InChI=1S/C18H15ClN2O3/c1-10-7-8-11(9-14(10)19)20-16(22)15-12-5-3-4-6-13(12)17(23)21(2)18(15)24/h3-9,24H,1-2H3,(H,20,22). The molecule has 0 aliphatic heterocycles. The zero-order chi connectivity index (χ0) is 17.4. The van der Waals surface area contributed by atoms with Crippen LogP contribution in [-0.4, -0.2) is 15.6 Å². The Bertz CT molecular complexity index is 1020. The molecule has 6 heteroatoms. The van der Waals surface area contributed by atoms with Gasteiger partial charge < -0.3 is 10.4 Å². The minimum Gasteiger partial charge on any atom is -0.494 e. The van der Waals surface area contributed by atoms with Gasteiger partial charge in [0, 0.05) is 28.5 Å². The van der Waals surface area contributed by atoms with E-state index in [2.05, 4.69) is 5.32 Å². The van der Waals surface area contributed by atoms with E-state index in [1.165, 1.54) is 7.05 Å². The van der Waals surface area contributed by atoms with Crippen LogP contribution < -0.4 is 10.9 Å². The van der Waals surface area contributed by atoms with E-state index in [1.54, 1.807) is 42.5 Å². The van der Waals surface area contributed by atoms with Gasteiger partial charge in [0.05, 0.1) is 0 Å². The predicted octanol–water partition coefficient (Wildman–Crippen LogP) is 3.46. The SMILES string of the molecule is Cc1ccc(NC(=O)c2c(O)n(C)c(=O)c3ccccc23)cc1Cl. The lowest BCUT2D eigenvalue weighted by atomic mass is 10.1. The van der Waals surface area contributed by atoms with Gasteiger partial charge in [0.1, 0.15) is 5.56 Å². The summed E-state index contributed by atoms with van der Waals surface area (Å²) in [6.45, 7) is 1.86. The average molecular weight is 343 g/mol. The number of amides is 1. The molecule has 2 aromatic carbocycles. The summed E-state index contributed by atoms with van der Waals surface area (Å²) >= 11 is 6.07. The molecule has 1 heterocycles. The van der Waals surface area contributed by atoms with E-state index in [0.29, 0.717) is 21.5 Å². The normalized spacial score (nSPS) is 10.8. The second kappa shape index (κ2) is 6.02. The summed E-state index contributed by atoms with van der Waals surface area (Å²) in [6.07, 6.45) is 0. The van der Waals surface area contributed by atoms with Crippen LogP contribution in [0, 0.1) is 6.92 Å². The van der Waals surface area contributed by atoms with Crippen LogP contribution in [0.15, 0.2) is 47.3 Å². The predicted molar refractivity (Wildman–Crippen MR) is 95.0 cm³/mol. The third kappa shape index (κ3) is 2.63. The van der Waals surface area contributed by atoms with E-state index in [4.69, 9.17) is 11.6 Å². The third-order valence-electron chi connectivity index (χ3n) is 3.93. The number of halogens is 1. The van der Waals surface area contributed by atoms with Crippen LogP contribution in [-0.2, 0) is 7.05 Å². The van der Waals surface area contributed by atoms with Gasteiger partial charge in [0.25, 0.3) is 11.5 Å². The van der Waals surface area contributed by atoms with Gasteiger partial charge in [-0.15, -0.1) is 0 Å². The van der Waals surface area contributed by atoms with Crippen molar-refractivity contribution in [2.45, 2.75) is 6.92 Å². The number of hydrogen-bond donors (Lipinski definition) is 2. The summed E-state index contributed by atoms with van der Waals surface area (Å²) < 4.78 is 1.05. The first-order chi connectivity index (χ1) is 11.4. The molecule has 1 amide bonds. The van der Waals surface area contributed by atoms with Crippen molar-refractivity contribution in [2.75, 3.05) is 5.32 Å². The third-order valence-corrected chi connectivity index (χ3v) is 4.34. The van der Waals surface area contributed by atoms with Gasteiger partial charge in [0.15, 0.2) is 0 Å². The van der Waals surface area contributed by atoms with Gasteiger partial charge >= 0.3 is 0 Å². The number of fused-ring (bicyclic) bond motifs is 1. The molecule has 122 valence electrons. The number of pyridine rings is 1. The summed E-state index contributed by atoms with van der Waals surface area (Å²) in [5.41, 5.74) is 1.08. The van der Waals surface area contributed by atoms with Crippen molar-refractivity contribution >= 4 is 34.0 Å². The number of aryl methyl sites for hydroxylation is 1. The van der Waals surface area contributed by atoms with Gasteiger partial charge in [-0.2, -0.15) is 0 Å². The minimum absolute atomic E-state index is 0.0457. The molecule has 0 fully saturated rings. The zero-order valence-corrected chi connectivity index (χ0v) is 13.9. The molecule has 3 rings (SSSR count). The van der Waals surface area contributed by atoms with E-state index in [1.807, 2.05) is 6.92 Å². The Balaban J connectivity index is 2.13. The molecule has 0 unspecified atom stereocenters. The quantitative estimate of drug-likeness (QED) is 0.749. The molecule has 2 N–H and O–H groups in total. The van der Waals surface area contributed by atoms with Crippen LogP contribution in [0.3, 0.4) is 0 Å². The fourth-order valence-corrected chi connectivity index (χ4v) is 2.72. The van der Waals surface area contributed by atoms with Crippen molar-refractivity contribution in [3.63, 3.8) is 0 Å². The molecule has 24 heavy (non-hydrogen) atoms. The van der Waals surface area contributed by atoms with Crippen LogP contribution in [0.5, 0.6) is 5.88 Å². The molecule has 0 bridgehead atoms. The van der Waals surface area contributed by atoms with Crippen LogP contribution in [0.2, 0.25) is 5.02 Å². The highest BCUT2D eigenvalue weighted by molar-refractivity contribution is 6.31. The Morgan fingerprint density at radius 3 is 2.50 bits per heavy atom. The first kappa shape index (κ1) is 16.1. The first-order valence-electron chi connectivity index (χ1n) is 7.28. The number of nitrogens with zero attached hydrogens (tertiary/aromatic N) is 1. The monoisotopic (exact) mass is 342 g/mol. The number of benzene rings is 2. The Hall–Kier alpha value is -2.79. The number of nitrogens with one attached hydrogen (secondary N) is 1. The molecule has 0 aliphatic rings. The van der Waals surface area contributed by atoms with Crippen molar-refractivity contribution < 1.29 is 9.90 Å². The number of hydrogen-bond acceptors (Lipinski definition) is 3. The molecule has 5 nitrogen and oxygen atoms in total. The summed E-state index contributed by atoms with van der Waals surface area (Å²) in [7, 11) is 1.42. The summed E-state index contributed by atoms with van der Waals surface area (Å²) in [5.74, 6) is -0.895. The van der Waals surface area contributed by atoms with Crippen molar-refractivity contribution in [3.8, 4) is 5.88 Å². The largest absolute Gasteiger partial charge is 0.494 e. The first-order valence-corrected chi connectivity index (χ1v) is 7.66. The molecule has 0 radical (unpaired) electrons. The average Bonchev–Trinajstić information content (AvgIpc) is 2.56. The number of rotatable bonds is 2. The van der Waals surface area contributed by atoms with Crippen LogP contribution in [0.25, 0.3) is 10.8 Å². The highest BCUT2D eigenvalue weighted by Crippen LogP contribution is 2.26. The summed E-state index contributed by atoms with van der Waals surface area (Å²) in [5, 5.41) is 14.3. The van der Waals surface area contributed by atoms with Crippen molar-refractivity contribution in [2.24, 2.45) is 7.05 Å². The van der Waals surface area contributed by atoms with E-state index in [9.17, 15) is 14.7 Å². The van der Waals surface area contributed by atoms with Crippen molar-refractivity contribution in [3.05, 3.63) is 69.0 Å². The molecule has 0 saturated carbocycles. The second-order valence-electron chi connectivity index (χ2n) is 5.53. The Kier molecular flexibility index (Phi) is 4.03. The van der Waals surface area contributed by atoms with Gasteiger partial charge in [0.2, 0.25) is 5.88 Å². The molecule has 0 saturated heterocycles. The van der Waals surface area contributed by atoms with Crippen molar-refractivity contribution in [1.82, 2.24) is 4.57 Å². The lowest BCUT2D eigenvalue weighted by Crippen LogP contribution is -2.22. The number of aromatic hydroxyl groups is 1. The topological polar surface area (TPSA) is 71.3 Å². The van der Waals surface area contributed by atoms with E-state index in [0.717, 1.165) is 10.1 Å². The molecule has 0 atom stereocenters. The molecule has 1 aromatic heterocycles. The highest BCUT2D eigenvalue weighted by Gasteiger charge is 2.20. The minimum atomic E-state index is -0.515. The summed E-state index contributed by atoms with van der Waals surface area (Å²) in [4.78, 5) is 24.9. The maximum Gasteiger partial charge on any atom is 0.261 e. The van der Waals surface area contributed by atoms with Crippen LogP contribution in [0.1, 0.15) is 15.9 Å². The number of carbonyl (C=O) groups excluding carboxylic acids is 1. The van der Waals surface area contributed by atoms with E-state index >= 15 is 0 Å².